The maximum Gasteiger partial charge on any atom is 0.202 e. The van der Waals surface area contributed by atoms with Gasteiger partial charge >= 0.3 is 0 Å². The molecule has 1 unspecified atom stereocenters. The highest BCUT2D eigenvalue weighted by molar-refractivity contribution is 6.01. The van der Waals surface area contributed by atoms with Crippen molar-refractivity contribution in [2.75, 3.05) is 0 Å². The Morgan fingerprint density at radius 2 is 1.94 bits per heavy atom. The second-order valence-electron chi connectivity index (χ2n) is 3.69. The van der Waals surface area contributed by atoms with Crippen LogP contribution >= 0.6 is 0 Å². The molecule has 0 saturated carbocycles. The minimum atomic E-state index is -0.958. The van der Waals surface area contributed by atoms with Crippen molar-refractivity contribution in [3.63, 3.8) is 0 Å². The Morgan fingerprint density at radius 1 is 1.22 bits per heavy atom. The molecule has 0 aliphatic rings. The fourth-order valence-corrected chi connectivity index (χ4v) is 1.60. The Bertz CT molecular complexity index is 587. The quantitative estimate of drug-likeness (QED) is 0.775. The number of carbonyl (C=O) groups excluding carboxylic acids is 1. The van der Waals surface area contributed by atoms with Gasteiger partial charge in [-0.15, -0.1) is 0 Å². The zero-order valence-corrected chi connectivity index (χ0v) is 9.38. The second kappa shape index (κ2) is 5.19. The number of pyridine rings is 1. The topological polar surface area (TPSA) is 53.8 Å². The van der Waals surface area contributed by atoms with Crippen LogP contribution in [0.1, 0.15) is 22.0 Å². The smallest absolute Gasteiger partial charge is 0.202 e. The highest BCUT2D eigenvalue weighted by atomic mass is 19.1. The molecule has 0 spiro atoms. The molecule has 88 valence electrons. The summed E-state index contributed by atoms with van der Waals surface area (Å²) >= 11 is 0. The average Bonchev–Trinajstić information content (AvgIpc) is 2.42. The first-order valence-corrected chi connectivity index (χ1v) is 5.32. The molecule has 2 aromatic rings. The van der Waals surface area contributed by atoms with Crippen LogP contribution in [0.5, 0.6) is 0 Å². The van der Waals surface area contributed by atoms with Crippen LogP contribution in [0.25, 0.3) is 0 Å². The summed E-state index contributed by atoms with van der Waals surface area (Å²) in [4.78, 5) is 16.0. The number of aromatic nitrogens is 1. The van der Waals surface area contributed by atoms with Crippen molar-refractivity contribution in [3.8, 4) is 6.07 Å². The second-order valence-corrected chi connectivity index (χ2v) is 3.69. The fourth-order valence-electron chi connectivity index (χ4n) is 1.60. The van der Waals surface area contributed by atoms with E-state index in [4.69, 9.17) is 5.26 Å². The van der Waals surface area contributed by atoms with Gasteiger partial charge < -0.3 is 0 Å². The lowest BCUT2D eigenvalue weighted by molar-refractivity contribution is 0.0974. The van der Waals surface area contributed by atoms with Crippen molar-refractivity contribution in [2.24, 2.45) is 0 Å². The number of nitriles is 1. The van der Waals surface area contributed by atoms with Crippen LogP contribution in [-0.2, 0) is 0 Å². The molecule has 0 N–H and O–H groups in total. The van der Waals surface area contributed by atoms with Crippen LogP contribution in [0.2, 0.25) is 0 Å². The van der Waals surface area contributed by atoms with Gasteiger partial charge in [-0.05, 0) is 29.8 Å². The van der Waals surface area contributed by atoms with E-state index in [2.05, 4.69) is 4.98 Å². The molecule has 0 aliphatic carbocycles. The Balaban J connectivity index is 2.33. The van der Waals surface area contributed by atoms with Crippen molar-refractivity contribution in [2.45, 2.75) is 5.92 Å². The Morgan fingerprint density at radius 3 is 2.50 bits per heavy atom. The lowest BCUT2D eigenvalue weighted by atomic mass is 9.94. The number of carbonyl (C=O) groups is 1. The van der Waals surface area contributed by atoms with E-state index in [1.165, 1.54) is 30.5 Å². The largest absolute Gasteiger partial charge is 0.291 e. The molecule has 0 fully saturated rings. The van der Waals surface area contributed by atoms with Gasteiger partial charge in [0.05, 0.1) is 6.07 Å². The van der Waals surface area contributed by atoms with Crippen molar-refractivity contribution < 1.29 is 9.18 Å². The highest BCUT2D eigenvalue weighted by Gasteiger charge is 2.22. The van der Waals surface area contributed by atoms with Gasteiger partial charge in [0.2, 0.25) is 5.78 Å². The maximum atomic E-state index is 12.8. The van der Waals surface area contributed by atoms with Crippen molar-refractivity contribution in [1.29, 1.82) is 5.26 Å². The lowest BCUT2D eigenvalue weighted by Crippen LogP contribution is -2.12. The van der Waals surface area contributed by atoms with Crippen LogP contribution in [0.3, 0.4) is 0 Å². The number of halogens is 1. The first-order chi connectivity index (χ1) is 8.72. The van der Waals surface area contributed by atoms with Gasteiger partial charge in [-0.3, -0.25) is 9.78 Å². The van der Waals surface area contributed by atoms with E-state index in [0.717, 1.165) is 0 Å². The molecule has 0 amide bonds. The summed E-state index contributed by atoms with van der Waals surface area (Å²) in [6.45, 7) is 0. The number of Topliss-reactive ketones (excluding diaryl/α,β-unsaturated/α-hetero) is 1. The molecule has 0 bridgehead atoms. The third-order valence-electron chi connectivity index (χ3n) is 2.51. The third-order valence-corrected chi connectivity index (χ3v) is 2.51. The van der Waals surface area contributed by atoms with Crippen LogP contribution in [0, 0.1) is 17.1 Å². The van der Waals surface area contributed by atoms with Crippen LogP contribution in [0.15, 0.2) is 48.7 Å². The van der Waals surface area contributed by atoms with Crippen molar-refractivity contribution in [3.05, 3.63) is 65.7 Å². The highest BCUT2D eigenvalue weighted by Crippen LogP contribution is 2.19. The molecule has 1 atom stereocenters. The fraction of sp³-hybridized carbons (Fsp3) is 0.0714. The summed E-state index contributed by atoms with van der Waals surface area (Å²) in [6, 6.07) is 12.2. The molecule has 18 heavy (non-hydrogen) atoms. The number of nitrogens with zero attached hydrogens (tertiary/aromatic N) is 2. The molecule has 1 aromatic heterocycles. The van der Waals surface area contributed by atoms with Gasteiger partial charge in [-0.2, -0.15) is 5.26 Å². The van der Waals surface area contributed by atoms with E-state index in [9.17, 15) is 9.18 Å². The first-order valence-electron chi connectivity index (χ1n) is 5.32. The molecule has 1 heterocycles. The number of hydrogen-bond acceptors (Lipinski definition) is 3. The van der Waals surface area contributed by atoms with Gasteiger partial charge in [-0.25, -0.2) is 4.39 Å². The van der Waals surface area contributed by atoms with E-state index in [1.54, 1.807) is 18.2 Å². The minimum Gasteiger partial charge on any atom is -0.291 e. The molecular formula is C14H9FN2O. The zero-order valence-electron chi connectivity index (χ0n) is 9.38. The molecular weight excluding hydrogens is 231 g/mol. The molecule has 4 heteroatoms. The van der Waals surface area contributed by atoms with Gasteiger partial charge in [0.1, 0.15) is 17.4 Å². The first kappa shape index (κ1) is 11.9. The monoisotopic (exact) mass is 240 g/mol. The van der Waals surface area contributed by atoms with E-state index in [1.807, 2.05) is 6.07 Å². The summed E-state index contributed by atoms with van der Waals surface area (Å²) in [6.07, 6.45) is 1.49. The number of hydrogen-bond donors (Lipinski definition) is 0. The lowest BCUT2D eigenvalue weighted by Gasteiger charge is -2.07. The van der Waals surface area contributed by atoms with E-state index < -0.39 is 11.7 Å². The Hall–Kier alpha value is -2.54. The summed E-state index contributed by atoms with van der Waals surface area (Å²) < 4.78 is 12.8. The van der Waals surface area contributed by atoms with Crippen LogP contribution in [-0.4, -0.2) is 10.8 Å². The van der Waals surface area contributed by atoms with Gasteiger partial charge in [0.25, 0.3) is 0 Å². The molecule has 1 aromatic carbocycles. The predicted octanol–water partition coefficient (Wildman–Crippen LogP) is 2.71. The molecule has 0 saturated heterocycles. The standard InChI is InChI=1S/C14H9FN2O/c15-11-6-4-10(5-7-11)12(9-16)14(18)13-3-1-2-8-17-13/h1-8,12H. The number of benzene rings is 1. The van der Waals surface area contributed by atoms with Gasteiger partial charge in [0, 0.05) is 6.20 Å². The zero-order chi connectivity index (χ0) is 13.0. The normalized spacial score (nSPS) is 11.6. The predicted molar refractivity (Wildman–Crippen MR) is 63.3 cm³/mol. The van der Waals surface area contributed by atoms with E-state index >= 15 is 0 Å². The summed E-state index contributed by atoms with van der Waals surface area (Å²) in [7, 11) is 0. The third kappa shape index (κ3) is 2.41. The average molecular weight is 240 g/mol. The molecule has 2 rings (SSSR count). The summed E-state index contributed by atoms with van der Waals surface area (Å²) in [5.41, 5.74) is 0.697. The van der Waals surface area contributed by atoms with Gasteiger partial charge in [-0.1, -0.05) is 18.2 Å². The van der Waals surface area contributed by atoms with Crippen molar-refractivity contribution >= 4 is 5.78 Å². The SMILES string of the molecule is N#CC(C(=O)c1ccccn1)c1ccc(F)cc1. The molecule has 3 nitrogen and oxygen atoms in total. The molecule has 0 aliphatic heterocycles. The molecule has 0 radical (unpaired) electrons. The number of rotatable bonds is 3. The van der Waals surface area contributed by atoms with Crippen molar-refractivity contribution in [1.82, 2.24) is 4.98 Å². The summed E-state index contributed by atoms with van der Waals surface area (Å²) in [5.74, 6) is -1.74. The summed E-state index contributed by atoms with van der Waals surface area (Å²) in [5, 5.41) is 9.09. The van der Waals surface area contributed by atoms with Gasteiger partial charge in [0.15, 0.2) is 0 Å². The maximum absolute atomic E-state index is 12.8. The van der Waals surface area contributed by atoms with E-state index in [-0.39, 0.29) is 11.5 Å². The Kier molecular flexibility index (Phi) is 3.44. The van der Waals surface area contributed by atoms with Crippen LogP contribution in [0.4, 0.5) is 4.39 Å². The Labute approximate surface area is 104 Å². The van der Waals surface area contributed by atoms with Crippen LogP contribution < -0.4 is 0 Å². The number of ketones is 1. The van der Waals surface area contributed by atoms with E-state index in [0.29, 0.717) is 5.56 Å². The minimum absolute atomic E-state index is 0.230.